The molecule has 0 saturated heterocycles. The molecule has 634 valence electrons. The molecule has 9 N–H and O–H groups in total. The van der Waals surface area contributed by atoms with Gasteiger partial charge in [0.05, 0.1) is 54.2 Å². The number of para-hydroxylation sites is 3. The summed E-state index contributed by atoms with van der Waals surface area (Å²) < 4.78 is 133. The first-order valence-electron chi connectivity index (χ1n) is 39.4. The van der Waals surface area contributed by atoms with Gasteiger partial charge in [-0.1, -0.05) is 128 Å². The van der Waals surface area contributed by atoms with Crippen molar-refractivity contribution in [3.8, 4) is 17.2 Å². The topological polar surface area (TPSA) is 382 Å². The number of carbonyl (C=O) groups is 5. The van der Waals surface area contributed by atoms with E-state index in [2.05, 4.69) is 44.5 Å². The number of rotatable bonds is 34. The van der Waals surface area contributed by atoms with Gasteiger partial charge in [0, 0.05) is 73.3 Å². The van der Waals surface area contributed by atoms with Crippen LogP contribution in [0.5, 0.6) is 17.2 Å². The maximum Gasteiger partial charge on any atom is 0.281 e. The lowest BCUT2D eigenvalue weighted by molar-refractivity contribution is -0.125. The van der Waals surface area contributed by atoms with Crippen molar-refractivity contribution in [2.24, 2.45) is 5.92 Å². The molecular formula is C85H102Cl3N9O17S4. The van der Waals surface area contributed by atoms with Gasteiger partial charge in [-0.3, -0.25) is 24.0 Å². The summed E-state index contributed by atoms with van der Waals surface area (Å²) in [4.78, 5) is 73.0. The molecule has 5 amide bonds. The Balaban J connectivity index is 0.000000186. The number of H-pyrrole nitrogens is 3. The SMILES string of the molecule is Cc1cc(OCCCc2c(C(=O)NS(=O)(=O)CCNC(=O)C3CCCCC3)[nH]c3ccccc23)cc(C)c1Cl.Cc1cc(OCCCc2c(C(=O)NS(=O)(=O)CCNC(=O)c3ccoc3C)[nH]c3ccccc23)cc(C)c1Cl.Cc1cc(OCCCc2c(C(=O)NS(=O)(=O)CCNS(=O)(=O)C3CCCCC3)[nH]c3ccccc23)cc(C)c1Cl. The molecule has 2 aliphatic carbocycles. The molecule has 4 aromatic heterocycles. The van der Waals surface area contributed by atoms with Crippen LogP contribution >= 0.6 is 34.8 Å². The Hall–Kier alpha value is -9.40. The lowest BCUT2D eigenvalue weighted by Gasteiger charge is -2.21. The quantitative estimate of drug-likeness (QED) is 0.0169. The van der Waals surface area contributed by atoms with E-state index in [0.717, 1.165) is 128 Å². The predicted molar refractivity (Wildman–Crippen MR) is 462 cm³/mol. The molecule has 0 radical (unpaired) electrons. The first kappa shape index (κ1) is 90.9. The number of aromatic nitrogens is 3. The maximum atomic E-state index is 13.1. The number of aryl methyl sites for hydroxylation is 10. The fourth-order valence-electron chi connectivity index (χ4n) is 14.6. The molecule has 0 aliphatic heterocycles. The van der Waals surface area contributed by atoms with Crippen LogP contribution in [-0.2, 0) is 64.2 Å². The van der Waals surface area contributed by atoms with Gasteiger partial charge in [0.15, 0.2) is 0 Å². The number of fused-ring (bicyclic) bond motifs is 3. The summed E-state index contributed by atoms with van der Waals surface area (Å²) in [7, 11) is -15.7. The fraction of sp³-hybridized carbons (Fsp3) is 0.400. The van der Waals surface area contributed by atoms with Gasteiger partial charge in [-0.15, -0.1) is 0 Å². The van der Waals surface area contributed by atoms with Crippen LogP contribution in [-0.4, -0.2) is 140 Å². The van der Waals surface area contributed by atoms with Gasteiger partial charge in [0.2, 0.25) is 46.0 Å². The number of amides is 5. The van der Waals surface area contributed by atoms with Crippen molar-refractivity contribution >= 4 is 137 Å². The largest absolute Gasteiger partial charge is 0.494 e. The molecule has 2 saturated carbocycles. The van der Waals surface area contributed by atoms with E-state index in [-0.39, 0.29) is 54.3 Å². The standard InChI is InChI=1S/C29H36ClN3O5S.C28H36ClN3O6S2.C28H30ClN3O6S/c1-19-17-22(18-20(2)26(19)30)38-15-8-12-24-23-11-6-7-13-25(23)32-27(24)29(35)33-39(36,37)16-14-31-28(34)21-9-4-3-5-10-21;1-19-17-21(18-20(2)26(19)29)38-15-8-12-24-23-11-6-7-13-25(23)31-27(24)28(33)32-39(34,35)16-14-30-40(36,37)22-9-4-3-5-10-22;1-17-15-20(16-18(2)25(17)29)38-12-6-8-23-22-7-4-5-9-24(22)31-26(23)28(34)32-39(35,36)14-11-30-27(33)21-10-13-37-19(21)3/h6-7,11,13,17-18,21,32H,3-5,8-10,12,14-16H2,1-2H3,(H,31,34)(H,33,35);6-7,11,13,17-18,22,30-31H,3-5,8-10,12,14-16H2,1-2H3,(H,32,33);4-5,7,9-10,13,15-16,31H,6,8,11-12,14H2,1-3H3,(H,30,33)(H,32,34). The summed E-state index contributed by atoms with van der Waals surface area (Å²) in [5.41, 5.74) is 10.8. The van der Waals surface area contributed by atoms with Crippen LogP contribution in [0.2, 0.25) is 15.1 Å². The molecule has 10 aromatic rings. The minimum Gasteiger partial charge on any atom is -0.494 e. The average Bonchev–Trinajstić information content (AvgIpc) is 1.65. The lowest BCUT2D eigenvalue weighted by atomic mass is 9.89. The molecular weight excluding hydrogens is 1650 g/mol. The van der Waals surface area contributed by atoms with Crippen molar-refractivity contribution in [1.29, 1.82) is 0 Å². The van der Waals surface area contributed by atoms with Crippen LogP contribution in [0.4, 0.5) is 0 Å². The van der Waals surface area contributed by atoms with E-state index in [1.807, 2.05) is 151 Å². The number of carbonyl (C=O) groups excluding carboxylic acids is 5. The van der Waals surface area contributed by atoms with Gasteiger partial charge in [-0.2, -0.15) is 0 Å². The van der Waals surface area contributed by atoms with E-state index in [9.17, 15) is 57.6 Å². The van der Waals surface area contributed by atoms with E-state index in [4.69, 9.17) is 53.4 Å². The summed E-state index contributed by atoms with van der Waals surface area (Å²) in [5, 5.41) is 9.40. The molecule has 0 atom stereocenters. The van der Waals surface area contributed by atoms with Crippen LogP contribution < -0.4 is 43.7 Å². The molecule has 2 fully saturated rings. The molecule has 6 aromatic carbocycles. The average molecular weight is 1760 g/mol. The normalized spacial score (nSPS) is 13.6. The van der Waals surface area contributed by atoms with Crippen LogP contribution in [0.25, 0.3) is 32.7 Å². The van der Waals surface area contributed by atoms with E-state index in [1.54, 1.807) is 6.92 Å². The first-order chi connectivity index (χ1) is 56.2. The van der Waals surface area contributed by atoms with Crippen molar-refractivity contribution < 1.29 is 76.3 Å². The van der Waals surface area contributed by atoms with Crippen LogP contribution in [0.3, 0.4) is 0 Å². The highest BCUT2D eigenvalue weighted by molar-refractivity contribution is 7.91. The number of aromatic amines is 3. The van der Waals surface area contributed by atoms with Gasteiger partial charge in [-0.05, 0) is 223 Å². The van der Waals surface area contributed by atoms with E-state index in [1.165, 1.54) is 12.3 Å². The van der Waals surface area contributed by atoms with Gasteiger partial charge >= 0.3 is 0 Å². The number of nitrogens with one attached hydrogen (secondary N) is 9. The van der Waals surface area contributed by atoms with Crippen molar-refractivity contribution in [2.75, 3.05) is 56.7 Å². The molecule has 118 heavy (non-hydrogen) atoms. The molecule has 33 heteroatoms. The fourth-order valence-corrected chi connectivity index (χ4v) is 19.2. The Morgan fingerprint density at radius 2 is 0.754 bits per heavy atom. The minimum absolute atomic E-state index is 0.0432. The van der Waals surface area contributed by atoms with E-state index < -0.39 is 80.5 Å². The highest BCUT2D eigenvalue weighted by Gasteiger charge is 2.31. The van der Waals surface area contributed by atoms with E-state index in [0.29, 0.717) is 121 Å². The molecule has 0 unspecified atom stereocenters. The van der Waals surface area contributed by atoms with Crippen molar-refractivity contribution in [2.45, 2.75) is 156 Å². The summed E-state index contributed by atoms with van der Waals surface area (Å²) in [5.74, 6) is -1.69. The van der Waals surface area contributed by atoms with Crippen LogP contribution in [0.15, 0.2) is 126 Å². The summed E-state index contributed by atoms with van der Waals surface area (Å²) >= 11 is 18.7. The summed E-state index contributed by atoms with van der Waals surface area (Å²) in [6.07, 6.45) is 13.3. The number of ether oxygens (including phenoxy) is 3. The molecule has 0 bridgehead atoms. The second-order valence-electron chi connectivity index (χ2n) is 29.8. The third kappa shape index (κ3) is 25.1. The van der Waals surface area contributed by atoms with Crippen molar-refractivity contribution in [3.05, 3.63) is 215 Å². The second kappa shape index (κ2) is 41.5. The van der Waals surface area contributed by atoms with Crippen LogP contribution in [0.1, 0.15) is 181 Å². The van der Waals surface area contributed by atoms with Crippen molar-refractivity contribution in [1.82, 2.24) is 44.5 Å². The Morgan fingerprint density at radius 1 is 0.424 bits per heavy atom. The lowest BCUT2D eigenvalue weighted by Crippen LogP contribution is -2.41. The molecule has 26 nitrogen and oxygen atoms in total. The van der Waals surface area contributed by atoms with Crippen LogP contribution in [0, 0.1) is 54.4 Å². The zero-order chi connectivity index (χ0) is 85.1. The predicted octanol–water partition coefficient (Wildman–Crippen LogP) is 14.8. The van der Waals surface area contributed by atoms with Crippen molar-refractivity contribution in [3.63, 3.8) is 0 Å². The number of furan rings is 1. The second-order valence-corrected chi connectivity index (χ2v) is 38.5. The summed E-state index contributed by atoms with van der Waals surface area (Å²) in [6.45, 7) is 13.8. The number of hydrogen-bond donors (Lipinski definition) is 9. The Labute approximate surface area is 704 Å². The van der Waals surface area contributed by atoms with Gasteiger partial charge in [0.25, 0.3) is 23.6 Å². The highest BCUT2D eigenvalue weighted by atomic mass is 35.5. The number of halogens is 3. The molecule has 12 rings (SSSR count). The number of hydrogen-bond acceptors (Lipinski definition) is 17. The molecule has 2 aliphatic rings. The van der Waals surface area contributed by atoms with Gasteiger partial charge < -0.3 is 44.2 Å². The zero-order valence-electron chi connectivity index (χ0n) is 67.1. The number of benzene rings is 6. The Morgan fingerprint density at radius 3 is 1.10 bits per heavy atom. The third-order valence-electron chi connectivity index (χ3n) is 20.7. The highest BCUT2D eigenvalue weighted by Crippen LogP contribution is 2.33. The maximum absolute atomic E-state index is 13.1. The smallest absolute Gasteiger partial charge is 0.281 e. The zero-order valence-corrected chi connectivity index (χ0v) is 72.6. The molecule has 4 heterocycles. The molecule has 0 spiro atoms. The Bertz CT molecular complexity index is 5680. The van der Waals surface area contributed by atoms with Gasteiger partial charge in [-0.25, -0.2) is 52.6 Å². The first-order valence-corrected chi connectivity index (χ1v) is 47.0. The summed E-state index contributed by atoms with van der Waals surface area (Å²) in [6, 6.07) is 35.0. The van der Waals surface area contributed by atoms with E-state index >= 15 is 0 Å². The van der Waals surface area contributed by atoms with Gasteiger partial charge in [0.1, 0.15) is 40.1 Å². The Kier molecular flexibility index (Phi) is 32.0. The number of sulfonamides is 4. The minimum atomic E-state index is -4.09. The third-order valence-corrected chi connectivity index (χ3v) is 28.1. The monoisotopic (exact) mass is 1750 g/mol.